The molecule has 0 aromatic rings. The highest BCUT2D eigenvalue weighted by molar-refractivity contribution is 5.99. The second-order valence-electron chi connectivity index (χ2n) is 7.93. The van der Waals surface area contributed by atoms with Crippen molar-refractivity contribution < 1.29 is 9.59 Å². The predicted molar refractivity (Wildman–Crippen MR) is 79.6 cm³/mol. The van der Waals surface area contributed by atoms with Crippen LogP contribution in [0.4, 0.5) is 0 Å². The maximum absolute atomic E-state index is 12.7. The van der Waals surface area contributed by atoms with E-state index in [-0.39, 0.29) is 28.8 Å². The van der Waals surface area contributed by atoms with E-state index in [9.17, 15) is 9.59 Å². The van der Waals surface area contributed by atoms with Crippen LogP contribution in [-0.4, -0.2) is 34.8 Å². The maximum Gasteiger partial charge on any atom is 0.230 e. The number of nitrogens with zero attached hydrogens (tertiary/aromatic N) is 1. The summed E-state index contributed by atoms with van der Waals surface area (Å²) >= 11 is 0. The first-order valence-electron chi connectivity index (χ1n) is 8.72. The van der Waals surface area contributed by atoms with Gasteiger partial charge in [-0.05, 0) is 56.9 Å². The fraction of sp³-hybridized carbons (Fsp3) is 0.882. The molecule has 0 aromatic carbocycles. The van der Waals surface area contributed by atoms with Crippen LogP contribution in [0.1, 0.15) is 70.6 Å². The lowest BCUT2D eigenvalue weighted by atomic mass is 9.69. The van der Waals surface area contributed by atoms with Crippen LogP contribution in [0.25, 0.3) is 0 Å². The van der Waals surface area contributed by atoms with Gasteiger partial charge in [0.1, 0.15) is 0 Å². The van der Waals surface area contributed by atoms with Crippen molar-refractivity contribution in [1.82, 2.24) is 10.2 Å². The van der Waals surface area contributed by atoms with Crippen LogP contribution in [0, 0.1) is 5.41 Å². The number of rotatable bonds is 1. The number of piperidine rings is 2. The second kappa shape index (κ2) is 4.80. The highest BCUT2D eigenvalue weighted by atomic mass is 16.2. The zero-order chi connectivity index (χ0) is 14.5. The number of carbonyl (C=O) groups is 2. The van der Waals surface area contributed by atoms with Gasteiger partial charge in [0.25, 0.3) is 0 Å². The van der Waals surface area contributed by atoms with Crippen LogP contribution in [0.2, 0.25) is 0 Å². The van der Waals surface area contributed by atoms with Crippen molar-refractivity contribution in [3.63, 3.8) is 0 Å². The number of hydrogen-bond donors (Lipinski definition) is 1. The van der Waals surface area contributed by atoms with Gasteiger partial charge in [0.05, 0.1) is 0 Å². The minimum absolute atomic E-state index is 0.0335. The van der Waals surface area contributed by atoms with Gasteiger partial charge in [-0.15, -0.1) is 0 Å². The molecule has 4 nitrogen and oxygen atoms in total. The van der Waals surface area contributed by atoms with Gasteiger partial charge < -0.3 is 5.32 Å². The van der Waals surface area contributed by atoms with Gasteiger partial charge in [0.2, 0.25) is 11.8 Å². The highest BCUT2D eigenvalue weighted by Crippen LogP contribution is 2.48. The van der Waals surface area contributed by atoms with Crippen molar-refractivity contribution in [1.29, 1.82) is 0 Å². The third kappa shape index (κ3) is 2.23. The molecule has 4 aliphatic rings. The Morgan fingerprint density at radius 3 is 2.19 bits per heavy atom. The molecule has 2 spiro atoms. The predicted octanol–water partition coefficient (Wildman–Crippen LogP) is 2.37. The first-order chi connectivity index (χ1) is 10.1. The maximum atomic E-state index is 12.7. The summed E-state index contributed by atoms with van der Waals surface area (Å²) in [5.41, 5.74) is 0.276. The van der Waals surface area contributed by atoms with E-state index in [1.165, 1.54) is 32.1 Å². The lowest BCUT2D eigenvalue weighted by Crippen LogP contribution is -2.62. The Morgan fingerprint density at radius 1 is 0.952 bits per heavy atom. The van der Waals surface area contributed by atoms with Gasteiger partial charge in [-0.1, -0.05) is 12.8 Å². The molecule has 2 heterocycles. The Morgan fingerprint density at radius 2 is 1.62 bits per heavy atom. The lowest BCUT2D eigenvalue weighted by molar-refractivity contribution is -0.158. The molecular weight excluding hydrogens is 264 g/mol. The summed E-state index contributed by atoms with van der Waals surface area (Å²) in [6.07, 6.45) is 11.4. The van der Waals surface area contributed by atoms with Crippen molar-refractivity contribution in [2.45, 2.75) is 82.2 Å². The van der Waals surface area contributed by atoms with Gasteiger partial charge in [-0.25, -0.2) is 0 Å². The van der Waals surface area contributed by atoms with Crippen molar-refractivity contribution in [3.8, 4) is 0 Å². The summed E-state index contributed by atoms with van der Waals surface area (Å²) in [6.45, 7) is 0.951. The SMILES string of the molecule is O=C1CC2(CCCC2)CC(=O)N1C1CCNC2(CCC2)C1. The van der Waals surface area contributed by atoms with E-state index < -0.39 is 0 Å². The van der Waals surface area contributed by atoms with Crippen LogP contribution in [-0.2, 0) is 9.59 Å². The Kier molecular flexibility index (Phi) is 3.14. The first-order valence-corrected chi connectivity index (χ1v) is 8.72. The lowest BCUT2D eigenvalue weighted by Gasteiger charge is -2.51. The zero-order valence-electron chi connectivity index (χ0n) is 12.8. The van der Waals surface area contributed by atoms with E-state index in [2.05, 4.69) is 5.32 Å². The summed E-state index contributed by atoms with van der Waals surface area (Å²) in [7, 11) is 0. The molecule has 0 bridgehead atoms. The van der Waals surface area contributed by atoms with Gasteiger partial charge >= 0.3 is 0 Å². The topological polar surface area (TPSA) is 49.4 Å². The molecule has 21 heavy (non-hydrogen) atoms. The van der Waals surface area contributed by atoms with Crippen molar-refractivity contribution >= 4 is 11.8 Å². The molecule has 4 fully saturated rings. The third-order valence-corrected chi connectivity index (χ3v) is 6.53. The van der Waals surface area contributed by atoms with E-state index in [1.807, 2.05) is 0 Å². The van der Waals surface area contributed by atoms with Gasteiger partial charge in [-0.2, -0.15) is 0 Å². The number of hydrogen-bond acceptors (Lipinski definition) is 3. The standard InChI is InChI=1S/C17H26N2O2/c20-14-11-16(5-1-2-6-16)12-15(21)19(14)13-4-9-18-17(10-13)7-3-8-17/h13,18H,1-12H2. The van der Waals surface area contributed by atoms with Crippen LogP contribution < -0.4 is 5.32 Å². The van der Waals surface area contributed by atoms with Crippen LogP contribution in [0.5, 0.6) is 0 Å². The van der Waals surface area contributed by atoms with Gasteiger partial charge in [0.15, 0.2) is 0 Å². The molecule has 2 aliphatic carbocycles. The highest BCUT2D eigenvalue weighted by Gasteiger charge is 2.50. The number of imide groups is 1. The van der Waals surface area contributed by atoms with E-state index >= 15 is 0 Å². The number of likely N-dealkylation sites (tertiary alicyclic amines) is 1. The normalized spacial score (nSPS) is 34.5. The summed E-state index contributed by atoms with van der Waals surface area (Å²) in [5, 5.41) is 3.63. The Bertz CT molecular complexity index is 443. The number of carbonyl (C=O) groups excluding carboxylic acids is 2. The van der Waals surface area contributed by atoms with E-state index in [1.54, 1.807) is 4.90 Å². The molecule has 2 amide bonds. The molecule has 0 aromatic heterocycles. The summed E-state index contributed by atoms with van der Waals surface area (Å²) in [4.78, 5) is 27.0. The molecule has 4 rings (SSSR count). The first kappa shape index (κ1) is 13.7. The molecule has 116 valence electrons. The fourth-order valence-corrected chi connectivity index (χ4v) is 5.23. The van der Waals surface area contributed by atoms with Crippen LogP contribution in [0.15, 0.2) is 0 Å². The molecular formula is C17H26N2O2. The molecule has 2 aliphatic heterocycles. The zero-order valence-corrected chi connectivity index (χ0v) is 12.8. The van der Waals surface area contributed by atoms with Crippen LogP contribution >= 0.6 is 0 Å². The van der Waals surface area contributed by atoms with Crippen molar-refractivity contribution in [2.24, 2.45) is 5.41 Å². The van der Waals surface area contributed by atoms with Crippen molar-refractivity contribution in [2.75, 3.05) is 6.54 Å². The van der Waals surface area contributed by atoms with E-state index in [4.69, 9.17) is 0 Å². The molecule has 1 N–H and O–H groups in total. The van der Waals surface area contributed by atoms with E-state index in [0.717, 1.165) is 32.2 Å². The second-order valence-corrected chi connectivity index (χ2v) is 7.93. The molecule has 1 unspecified atom stereocenters. The van der Waals surface area contributed by atoms with E-state index in [0.29, 0.717) is 12.8 Å². The average Bonchev–Trinajstić information content (AvgIpc) is 2.84. The molecule has 1 atom stereocenters. The summed E-state index contributed by atoms with van der Waals surface area (Å²) in [6, 6.07) is 0.158. The molecule has 2 saturated carbocycles. The molecule has 2 saturated heterocycles. The summed E-state index contributed by atoms with van der Waals surface area (Å²) in [5.74, 6) is 0.240. The smallest absolute Gasteiger partial charge is 0.230 e. The Balaban J connectivity index is 1.50. The monoisotopic (exact) mass is 290 g/mol. The molecule has 0 radical (unpaired) electrons. The number of amides is 2. The van der Waals surface area contributed by atoms with Crippen LogP contribution in [0.3, 0.4) is 0 Å². The van der Waals surface area contributed by atoms with Gasteiger partial charge in [0, 0.05) is 24.4 Å². The minimum atomic E-state index is 0.0335. The molecule has 4 heteroatoms. The Labute approximate surface area is 126 Å². The minimum Gasteiger partial charge on any atom is -0.311 e. The largest absolute Gasteiger partial charge is 0.311 e. The third-order valence-electron chi connectivity index (χ3n) is 6.53. The van der Waals surface area contributed by atoms with Gasteiger partial charge in [-0.3, -0.25) is 14.5 Å². The average molecular weight is 290 g/mol. The fourth-order valence-electron chi connectivity index (χ4n) is 5.23. The quantitative estimate of drug-likeness (QED) is 0.754. The van der Waals surface area contributed by atoms with Crippen molar-refractivity contribution in [3.05, 3.63) is 0 Å². The summed E-state index contributed by atoms with van der Waals surface area (Å²) < 4.78 is 0. The Hall–Kier alpha value is -0.900. The number of nitrogens with one attached hydrogen (secondary N) is 1.